The number of ether oxygens (including phenoxy) is 1. The van der Waals surface area contributed by atoms with Crippen LogP contribution in [0.5, 0.6) is 0 Å². The van der Waals surface area contributed by atoms with Crippen molar-refractivity contribution in [2.45, 2.75) is 46.6 Å². The summed E-state index contributed by atoms with van der Waals surface area (Å²) in [6.45, 7) is 11.7. The molecule has 0 fully saturated rings. The van der Waals surface area contributed by atoms with Crippen molar-refractivity contribution in [1.29, 1.82) is 0 Å². The van der Waals surface area contributed by atoms with Gasteiger partial charge in [-0.05, 0) is 25.3 Å². The smallest absolute Gasteiger partial charge is 0.0696 e. The summed E-state index contributed by atoms with van der Waals surface area (Å²) in [5.74, 6) is 0.747. The van der Waals surface area contributed by atoms with Crippen LogP contribution in [-0.4, -0.2) is 25.8 Å². The predicted molar refractivity (Wildman–Crippen MR) is 58.0 cm³/mol. The van der Waals surface area contributed by atoms with Gasteiger partial charge >= 0.3 is 0 Å². The van der Waals surface area contributed by atoms with Crippen LogP contribution in [0.25, 0.3) is 0 Å². The molecule has 0 amide bonds. The molecule has 0 radical (unpaired) electrons. The van der Waals surface area contributed by atoms with Gasteiger partial charge in [-0.15, -0.1) is 0 Å². The Morgan fingerprint density at radius 2 is 1.92 bits per heavy atom. The molecule has 2 heteroatoms. The summed E-state index contributed by atoms with van der Waals surface area (Å²) >= 11 is 0. The summed E-state index contributed by atoms with van der Waals surface area (Å²) in [5.41, 5.74) is 0. The van der Waals surface area contributed by atoms with Gasteiger partial charge in [0.05, 0.1) is 6.10 Å². The van der Waals surface area contributed by atoms with Crippen LogP contribution in [-0.2, 0) is 4.74 Å². The maximum atomic E-state index is 5.74. The summed E-state index contributed by atoms with van der Waals surface area (Å²) in [7, 11) is 0. The lowest BCUT2D eigenvalue weighted by molar-refractivity contribution is 0.0446. The molecule has 1 atom stereocenters. The summed E-state index contributed by atoms with van der Waals surface area (Å²) < 4.78 is 5.74. The molecule has 0 aliphatic heterocycles. The maximum Gasteiger partial charge on any atom is 0.0696 e. The quantitative estimate of drug-likeness (QED) is 0.630. The van der Waals surface area contributed by atoms with Gasteiger partial charge in [0, 0.05) is 13.2 Å². The van der Waals surface area contributed by atoms with Crippen LogP contribution in [0, 0.1) is 5.92 Å². The van der Waals surface area contributed by atoms with Crippen molar-refractivity contribution in [2.75, 3.05) is 19.7 Å². The van der Waals surface area contributed by atoms with Gasteiger partial charge < -0.3 is 10.1 Å². The van der Waals surface area contributed by atoms with Gasteiger partial charge in [0.25, 0.3) is 0 Å². The van der Waals surface area contributed by atoms with Crippen molar-refractivity contribution in [3.05, 3.63) is 0 Å². The molecule has 0 heterocycles. The van der Waals surface area contributed by atoms with E-state index >= 15 is 0 Å². The normalized spacial score (nSPS) is 13.6. The lowest BCUT2D eigenvalue weighted by Gasteiger charge is -2.16. The molecule has 13 heavy (non-hydrogen) atoms. The predicted octanol–water partition coefficient (Wildman–Crippen LogP) is 2.44. The minimum atomic E-state index is 0.402. The van der Waals surface area contributed by atoms with Crippen LogP contribution in [0.15, 0.2) is 0 Å². The molecule has 0 aliphatic carbocycles. The Balaban J connectivity index is 3.36. The molecule has 0 saturated heterocycles. The van der Waals surface area contributed by atoms with Crippen LogP contribution in [0.1, 0.15) is 40.5 Å². The molecule has 0 aromatic carbocycles. The van der Waals surface area contributed by atoms with E-state index in [4.69, 9.17) is 4.74 Å². The molecule has 1 N–H and O–H groups in total. The van der Waals surface area contributed by atoms with Gasteiger partial charge in [-0.1, -0.05) is 27.7 Å². The molecular formula is C11H25NO. The zero-order valence-corrected chi connectivity index (χ0v) is 9.60. The van der Waals surface area contributed by atoms with Crippen molar-refractivity contribution in [3.8, 4) is 0 Å². The number of rotatable bonds is 8. The Bertz CT molecular complexity index is 104. The van der Waals surface area contributed by atoms with Gasteiger partial charge in [0.2, 0.25) is 0 Å². The third-order valence-corrected chi connectivity index (χ3v) is 2.13. The molecule has 0 spiro atoms. The zero-order valence-electron chi connectivity index (χ0n) is 9.60. The largest absolute Gasteiger partial charge is 0.377 e. The first kappa shape index (κ1) is 12.9. The van der Waals surface area contributed by atoms with Gasteiger partial charge in [0.15, 0.2) is 0 Å². The van der Waals surface area contributed by atoms with Crippen LogP contribution >= 0.6 is 0 Å². The van der Waals surface area contributed by atoms with E-state index in [1.165, 1.54) is 6.42 Å². The lowest BCUT2D eigenvalue weighted by Crippen LogP contribution is -2.29. The fourth-order valence-electron chi connectivity index (χ4n) is 1.10. The fraction of sp³-hybridized carbons (Fsp3) is 1.00. The molecule has 0 saturated carbocycles. The standard InChI is InChI=1S/C11H25NO/c1-5-11(9-12-6-2)13-8-7-10(3)4/h10-12H,5-9H2,1-4H3. The zero-order chi connectivity index (χ0) is 10.1. The number of likely N-dealkylation sites (N-methyl/N-ethyl adjacent to an activating group) is 1. The topological polar surface area (TPSA) is 21.3 Å². The Hall–Kier alpha value is -0.0800. The average Bonchev–Trinajstić information content (AvgIpc) is 2.10. The third kappa shape index (κ3) is 8.26. The average molecular weight is 187 g/mol. The molecular weight excluding hydrogens is 162 g/mol. The molecule has 0 aromatic heterocycles. The highest BCUT2D eigenvalue weighted by molar-refractivity contribution is 4.58. The molecule has 1 unspecified atom stereocenters. The van der Waals surface area contributed by atoms with E-state index in [2.05, 4.69) is 33.0 Å². The Morgan fingerprint density at radius 3 is 2.38 bits per heavy atom. The minimum absolute atomic E-state index is 0.402. The first-order valence-corrected chi connectivity index (χ1v) is 5.53. The molecule has 0 rings (SSSR count). The van der Waals surface area contributed by atoms with Crippen LogP contribution in [0.3, 0.4) is 0 Å². The highest BCUT2D eigenvalue weighted by Gasteiger charge is 2.05. The van der Waals surface area contributed by atoms with Gasteiger partial charge in [-0.25, -0.2) is 0 Å². The molecule has 0 aromatic rings. The Kier molecular flexibility index (Phi) is 8.46. The minimum Gasteiger partial charge on any atom is -0.377 e. The van der Waals surface area contributed by atoms with Crippen LogP contribution < -0.4 is 5.32 Å². The second-order valence-corrected chi connectivity index (χ2v) is 3.89. The second kappa shape index (κ2) is 8.52. The van der Waals surface area contributed by atoms with E-state index in [0.717, 1.165) is 32.0 Å². The SMILES string of the molecule is CCNCC(CC)OCCC(C)C. The molecule has 80 valence electrons. The van der Waals surface area contributed by atoms with Crippen molar-refractivity contribution < 1.29 is 4.74 Å². The molecule has 2 nitrogen and oxygen atoms in total. The van der Waals surface area contributed by atoms with Crippen molar-refractivity contribution in [1.82, 2.24) is 5.32 Å². The monoisotopic (exact) mass is 187 g/mol. The van der Waals surface area contributed by atoms with E-state index in [9.17, 15) is 0 Å². The highest BCUT2D eigenvalue weighted by Crippen LogP contribution is 2.03. The molecule has 0 bridgehead atoms. The highest BCUT2D eigenvalue weighted by atomic mass is 16.5. The number of nitrogens with one attached hydrogen (secondary N) is 1. The first-order valence-electron chi connectivity index (χ1n) is 5.53. The summed E-state index contributed by atoms with van der Waals surface area (Å²) in [4.78, 5) is 0. The maximum absolute atomic E-state index is 5.74. The third-order valence-electron chi connectivity index (χ3n) is 2.13. The lowest BCUT2D eigenvalue weighted by atomic mass is 10.1. The summed E-state index contributed by atoms with van der Waals surface area (Å²) in [6.07, 6.45) is 2.67. The fourth-order valence-corrected chi connectivity index (χ4v) is 1.10. The summed E-state index contributed by atoms with van der Waals surface area (Å²) in [6, 6.07) is 0. The number of hydrogen-bond donors (Lipinski definition) is 1. The Morgan fingerprint density at radius 1 is 1.23 bits per heavy atom. The molecule has 0 aliphatic rings. The van der Waals surface area contributed by atoms with Gasteiger partial charge in [-0.3, -0.25) is 0 Å². The summed E-state index contributed by atoms with van der Waals surface area (Å²) in [5, 5.41) is 3.31. The Labute approximate surface area is 83.1 Å². The van der Waals surface area contributed by atoms with Crippen molar-refractivity contribution in [2.24, 2.45) is 5.92 Å². The van der Waals surface area contributed by atoms with E-state index in [0.29, 0.717) is 6.10 Å². The van der Waals surface area contributed by atoms with E-state index in [1.807, 2.05) is 0 Å². The van der Waals surface area contributed by atoms with E-state index < -0.39 is 0 Å². The van der Waals surface area contributed by atoms with Gasteiger partial charge in [-0.2, -0.15) is 0 Å². The van der Waals surface area contributed by atoms with Crippen LogP contribution in [0.2, 0.25) is 0 Å². The number of hydrogen-bond acceptors (Lipinski definition) is 2. The second-order valence-electron chi connectivity index (χ2n) is 3.89. The van der Waals surface area contributed by atoms with Gasteiger partial charge in [0.1, 0.15) is 0 Å². The van der Waals surface area contributed by atoms with E-state index in [-0.39, 0.29) is 0 Å². The van der Waals surface area contributed by atoms with Crippen molar-refractivity contribution >= 4 is 0 Å². The first-order chi connectivity index (χ1) is 6.20. The van der Waals surface area contributed by atoms with Crippen LogP contribution in [0.4, 0.5) is 0 Å². The van der Waals surface area contributed by atoms with E-state index in [1.54, 1.807) is 0 Å². The van der Waals surface area contributed by atoms with Crippen molar-refractivity contribution in [3.63, 3.8) is 0 Å².